The first-order valence-electron chi connectivity index (χ1n) is 6.79. The first-order chi connectivity index (χ1) is 10.4. The molecule has 0 unspecified atom stereocenters. The molecule has 0 amide bonds. The average Bonchev–Trinajstić information content (AvgIpc) is 2.90. The molecule has 3 rings (SSSR count). The summed E-state index contributed by atoms with van der Waals surface area (Å²) in [5.41, 5.74) is 8.96. The number of nitrogen functional groups attached to an aromatic ring is 1. The van der Waals surface area contributed by atoms with Crippen LogP contribution in [0.5, 0.6) is 0 Å². The Balaban J connectivity index is 1.79. The highest BCUT2D eigenvalue weighted by Crippen LogP contribution is 2.24. The van der Waals surface area contributed by atoms with E-state index in [1.165, 1.54) is 9.71 Å². The lowest BCUT2D eigenvalue weighted by Crippen LogP contribution is -2.23. The van der Waals surface area contributed by atoms with Gasteiger partial charge >= 0.3 is 0 Å². The number of nitrogens with two attached hydrogens (primary N) is 1. The van der Waals surface area contributed by atoms with Crippen LogP contribution >= 0.6 is 0 Å². The predicted octanol–water partition coefficient (Wildman–Crippen LogP) is 1.68. The lowest BCUT2D eigenvalue weighted by atomic mass is 10.2. The Morgan fingerprint density at radius 2 is 1.95 bits per heavy atom. The molecule has 0 atom stereocenters. The van der Waals surface area contributed by atoms with Gasteiger partial charge in [0.25, 0.3) is 0 Å². The van der Waals surface area contributed by atoms with Crippen molar-refractivity contribution >= 4 is 22.0 Å². The SMILES string of the molecule is Cc1ccc(/C=C/S(=O)(=O)N2Cc3cnc(N)nc3C2)cc1. The van der Waals surface area contributed by atoms with E-state index in [0.717, 1.165) is 16.7 Å². The number of rotatable bonds is 3. The van der Waals surface area contributed by atoms with Crippen LogP contribution in [0.3, 0.4) is 0 Å². The molecule has 2 heterocycles. The van der Waals surface area contributed by atoms with Gasteiger partial charge in [-0.25, -0.2) is 18.4 Å². The van der Waals surface area contributed by atoms with Gasteiger partial charge in [-0.1, -0.05) is 29.8 Å². The molecule has 1 aliphatic heterocycles. The quantitative estimate of drug-likeness (QED) is 0.930. The third kappa shape index (κ3) is 3.00. The second kappa shape index (κ2) is 5.51. The molecule has 114 valence electrons. The molecule has 0 fully saturated rings. The largest absolute Gasteiger partial charge is 0.368 e. The van der Waals surface area contributed by atoms with Crippen LogP contribution in [-0.2, 0) is 23.1 Å². The minimum Gasteiger partial charge on any atom is -0.368 e. The highest BCUT2D eigenvalue weighted by Gasteiger charge is 2.28. The number of anilines is 1. The first kappa shape index (κ1) is 14.7. The van der Waals surface area contributed by atoms with Crippen LogP contribution in [-0.4, -0.2) is 22.7 Å². The molecule has 0 bridgehead atoms. The number of sulfonamides is 1. The van der Waals surface area contributed by atoms with Gasteiger partial charge in [-0.2, -0.15) is 4.31 Å². The molecule has 2 N–H and O–H groups in total. The molecule has 0 saturated heterocycles. The number of nitrogens with zero attached hydrogens (tertiary/aromatic N) is 3. The summed E-state index contributed by atoms with van der Waals surface area (Å²) in [7, 11) is -3.50. The van der Waals surface area contributed by atoms with Gasteiger partial charge in [0.1, 0.15) is 0 Å². The van der Waals surface area contributed by atoms with Crippen LogP contribution in [0.15, 0.2) is 35.9 Å². The van der Waals surface area contributed by atoms with Gasteiger partial charge < -0.3 is 5.73 Å². The van der Waals surface area contributed by atoms with E-state index >= 15 is 0 Å². The zero-order chi connectivity index (χ0) is 15.7. The Labute approximate surface area is 129 Å². The van der Waals surface area contributed by atoms with Crippen LogP contribution < -0.4 is 5.73 Å². The summed E-state index contributed by atoms with van der Waals surface area (Å²) < 4.78 is 26.1. The summed E-state index contributed by atoms with van der Waals surface area (Å²) >= 11 is 0. The van der Waals surface area contributed by atoms with E-state index in [-0.39, 0.29) is 19.0 Å². The number of hydrogen-bond acceptors (Lipinski definition) is 5. The third-order valence-corrected chi connectivity index (χ3v) is 4.97. The second-order valence-corrected chi connectivity index (χ2v) is 7.05. The smallest absolute Gasteiger partial charge is 0.236 e. The first-order valence-corrected chi connectivity index (χ1v) is 8.29. The van der Waals surface area contributed by atoms with Crippen molar-refractivity contribution in [1.29, 1.82) is 0 Å². The fraction of sp³-hybridized carbons (Fsp3) is 0.200. The highest BCUT2D eigenvalue weighted by atomic mass is 32.2. The van der Waals surface area contributed by atoms with Crippen molar-refractivity contribution < 1.29 is 8.42 Å². The van der Waals surface area contributed by atoms with Gasteiger partial charge in [-0.15, -0.1) is 0 Å². The molecule has 0 radical (unpaired) electrons. The van der Waals surface area contributed by atoms with Crippen molar-refractivity contribution in [3.63, 3.8) is 0 Å². The maximum atomic E-state index is 12.4. The highest BCUT2D eigenvalue weighted by molar-refractivity contribution is 7.92. The van der Waals surface area contributed by atoms with Crippen LogP contribution in [0.25, 0.3) is 6.08 Å². The number of aryl methyl sites for hydroxylation is 1. The third-order valence-electron chi connectivity index (χ3n) is 3.52. The molecule has 1 aromatic heterocycles. The second-order valence-electron chi connectivity index (χ2n) is 5.23. The van der Waals surface area contributed by atoms with E-state index in [4.69, 9.17) is 5.73 Å². The number of hydrogen-bond donors (Lipinski definition) is 1. The topological polar surface area (TPSA) is 89.2 Å². The van der Waals surface area contributed by atoms with E-state index in [9.17, 15) is 8.42 Å². The molecule has 2 aromatic rings. The van der Waals surface area contributed by atoms with Crippen molar-refractivity contribution in [3.05, 3.63) is 58.3 Å². The Morgan fingerprint density at radius 3 is 2.68 bits per heavy atom. The number of fused-ring (bicyclic) bond motifs is 1. The van der Waals surface area contributed by atoms with Gasteiger partial charge in [0.2, 0.25) is 16.0 Å². The molecule has 22 heavy (non-hydrogen) atoms. The van der Waals surface area contributed by atoms with Crippen molar-refractivity contribution in [2.45, 2.75) is 20.0 Å². The van der Waals surface area contributed by atoms with E-state index in [0.29, 0.717) is 5.69 Å². The predicted molar refractivity (Wildman–Crippen MR) is 84.8 cm³/mol. The summed E-state index contributed by atoms with van der Waals surface area (Å²) in [4.78, 5) is 7.98. The number of benzene rings is 1. The molecule has 1 aromatic carbocycles. The summed E-state index contributed by atoms with van der Waals surface area (Å²) in [6, 6.07) is 7.64. The standard InChI is InChI=1S/C15H16N4O2S/c1-11-2-4-12(5-3-11)6-7-22(20,21)19-9-13-8-17-15(16)18-14(13)10-19/h2-8H,9-10H2,1H3,(H2,16,17,18)/b7-6+. The van der Waals surface area contributed by atoms with Crippen molar-refractivity contribution in [1.82, 2.24) is 14.3 Å². The molecule has 6 nitrogen and oxygen atoms in total. The van der Waals surface area contributed by atoms with Crippen LogP contribution in [0.1, 0.15) is 22.4 Å². The fourth-order valence-electron chi connectivity index (χ4n) is 2.25. The lowest BCUT2D eigenvalue weighted by molar-refractivity contribution is 0.437. The minimum atomic E-state index is -3.50. The zero-order valence-electron chi connectivity index (χ0n) is 12.1. The average molecular weight is 316 g/mol. The Hall–Kier alpha value is -2.25. The van der Waals surface area contributed by atoms with E-state index in [2.05, 4.69) is 9.97 Å². The Kier molecular flexibility index (Phi) is 3.67. The molecule has 0 spiro atoms. The summed E-state index contributed by atoms with van der Waals surface area (Å²) in [5, 5.41) is 1.22. The minimum absolute atomic E-state index is 0.160. The van der Waals surface area contributed by atoms with Gasteiger partial charge in [-0.3, -0.25) is 0 Å². The van der Waals surface area contributed by atoms with E-state index in [1.54, 1.807) is 12.3 Å². The Bertz CT molecular complexity index is 829. The van der Waals surface area contributed by atoms with Gasteiger partial charge in [0.15, 0.2) is 0 Å². The van der Waals surface area contributed by atoms with E-state index in [1.807, 2.05) is 31.2 Å². The van der Waals surface area contributed by atoms with Gasteiger partial charge in [0.05, 0.1) is 12.2 Å². The summed E-state index contributed by atoms with van der Waals surface area (Å²) in [6.07, 6.45) is 3.18. The van der Waals surface area contributed by atoms with E-state index < -0.39 is 10.0 Å². The van der Waals surface area contributed by atoms with Crippen molar-refractivity contribution in [3.8, 4) is 0 Å². The number of aromatic nitrogens is 2. The van der Waals surface area contributed by atoms with Gasteiger partial charge in [0, 0.05) is 23.7 Å². The maximum Gasteiger partial charge on any atom is 0.236 e. The maximum absolute atomic E-state index is 12.4. The lowest BCUT2D eigenvalue weighted by Gasteiger charge is -2.11. The molecular weight excluding hydrogens is 300 g/mol. The van der Waals surface area contributed by atoms with Crippen LogP contribution in [0.4, 0.5) is 5.95 Å². The fourth-order valence-corrected chi connectivity index (χ4v) is 3.37. The van der Waals surface area contributed by atoms with Crippen molar-refractivity contribution in [2.75, 3.05) is 5.73 Å². The van der Waals surface area contributed by atoms with Crippen LogP contribution in [0, 0.1) is 6.92 Å². The van der Waals surface area contributed by atoms with Crippen LogP contribution in [0.2, 0.25) is 0 Å². The molecule has 7 heteroatoms. The molecular formula is C15H16N4O2S. The Morgan fingerprint density at radius 1 is 1.23 bits per heavy atom. The van der Waals surface area contributed by atoms with Crippen molar-refractivity contribution in [2.24, 2.45) is 0 Å². The summed E-state index contributed by atoms with van der Waals surface area (Å²) in [5.74, 6) is 0.160. The monoisotopic (exact) mass is 316 g/mol. The summed E-state index contributed by atoms with van der Waals surface area (Å²) in [6.45, 7) is 2.48. The normalized spacial score (nSPS) is 15.3. The molecule has 0 aliphatic carbocycles. The molecule has 1 aliphatic rings. The molecule has 0 saturated carbocycles. The zero-order valence-corrected chi connectivity index (χ0v) is 12.9. The van der Waals surface area contributed by atoms with Gasteiger partial charge in [-0.05, 0) is 18.6 Å².